The summed E-state index contributed by atoms with van der Waals surface area (Å²) >= 11 is 0. The van der Waals surface area contributed by atoms with Gasteiger partial charge in [0.2, 0.25) is 0 Å². The first kappa shape index (κ1) is 15.3. The molecular formula is C15H12N6O3. The summed E-state index contributed by atoms with van der Waals surface area (Å²) in [5.74, 6) is -0.261. The molecule has 0 fully saturated rings. The van der Waals surface area contributed by atoms with Gasteiger partial charge in [-0.1, -0.05) is 18.2 Å². The predicted octanol–water partition coefficient (Wildman–Crippen LogP) is 1.50. The van der Waals surface area contributed by atoms with Gasteiger partial charge >= 0.3 is 0 Å². The van der Waals surface area contributed by atoms with Gasteiger partial charge in [-0.15, -0.1) is 5.10 Å². The maximum absolute atomic E-state index is 12.2. The smallest absolute Gasteiger partial charge is 0.269 e. The van der Waals surface area contributed by atoms with Crippen LogP contribution in [-0.4, -0.2) is 31.0 Å². The van der Waals surface area contributed by atoms with Crippen molar-refractivity contribution < 1.29 is 9.72 Å². The van der Waals surface area contributed by atoms with Gasteiger partial charge in [0, 0.05) is 24.2 Å². The van der Waals surface area contributed by atoms with Crippen LogP contribution in [0.25, 0.3) is 5.69 Å². The number of benzene rings is 2. The highest BCUT2D eigenvalue weighted by atomic mass is 16.6. The largest absolute Gasteiger partial charge is 0.348 e. The Hall–Kier alpha value is -3.62. The number of nitrogens with zero attached hydrogens (tertiary/aromatic N) is 5. The molecule has 3 rings (SSSR count). The highest BCUT2D eigenvalue weighted by Crippen LogP contribution is 2.12. The Bertz CT molecular complexity index is 861. The van der Waals surface area contributed by atoms with Crippen molar-refractivity contribution in [2.75, 3.05) is 0 Å². The van der Waals surface area contributed by atoms with Crippen LogP contribution in [-0.2, 0) is 6.54 Å². The number of carbonyl (C=O) groups excluding carboxylic acids is 1. The molecular weight excluding hydrogens is 312 g/mol. The summed E-state index contributed by atoms with van der Waals surface area (Å²) in [4.78, 5) is 22.4. The zero-order chi connectivity index (χ0) is 16.9. The second-order valence-corrected chi connectivity index (χ2v) is 4.91. The average molecular weight is 324 g/mol. The van der Waals surface area contributed by atoms with Gasteiger partial charge in [-0.2, -0.15) is 0 Å². The van der Waals surface area contributed by atoms with E-state index in [1.165, 1.54) is 23.1 Å². The molecule has 1 N–H and O–H groups in total. The maximum atomic E-state index is 12.2. The summed E-state index contributed by atoms with van der Waals surface area (Å²) in [7, 11) is 0. The van der Waals surface area contributed by atoms with Crippen LogP contribution in [0.2, 0.25) is 0 Å². The quantitative estimate of drug-likeness (QED) is 0.561. The van der Waals surface area contributed by atoms with Gasteiger partial charge in [0.05, 0.1) is 10.6 Å². The standard InChI is InChI=1S/C15H12N6O3/c22-15(16-9-11-4-6-13(7-5-11)21(23)24)12-2-1-3-14(8-12)20-10-17-18-19-20/h1-8,10H,9H2,(H,16,22). The highest BCUT2D eigenvalue weighted by molar-refractivity contribution is 5.94. The first-order chi connectivity index (χ1) is 11.6. The number of hydrogen-bond acceptors (Lipinski definition) is 6. The first-order valence-electron chi connectivity index (χ1n) is 6.98. The molecule has 2 aromatic carbocycles. The summed E-state index contributed by atoms with van der Waals surface area (Å²) in [6, 6.07) is 12.9. The van der Waals surface area contributed by atoms with E-state index in [1.54, 1.807) is 36.4 Å². The molecule has 0 saturated heterocycles. The van der Waals surface area contributed by atoms with E-state index in [9.17, 15) is 14.9 Å². The van der Waals surface area contributed by atoms with E-state index in [2.05, 4.69) is 20.8 Å². The number of aromatic nitrogens is 4. The van der Waals surface area contributed by atoms with Gasteiger partial charge in [0.25, 0.3) is 11.6 Å². The van der Waals surface area contributed by atoms with Crippen LogP contribution in [0.15, 0.2) is 54.9 Å². The molecule has 0 unspecified atom stereocenters. The van der Waals surface area contributed by atoms with Gasteiger partial charge in [-0.25, -0.2) is 4.68 Å². The Morgan fingerprint density at radius 1 is 1.21 bits per heavy atom. The van der Waals surface area contributed by atoms with Crippen molar-refractivity contribution in [3.8, 4) is 5.69 Å². The van der Waals surface area contributed by atoms with E-state index in [-0.39, 0.29) is 18.1 Å². The van der Waals surface area contributed by atoms with Gasteiger partial charge < -0.3 is 5.32 Å². The number of nitro benzene ring substituents is 1. The van der Waals surface area contributed by atoms with Crippen molar-refractivity contribution >= 4 is 11.6 Å². The minimum absolute atomic E-state index is 0.0132. The van der Waals surface area contributed by atoms with Gasteiger partial charge in [-0.3, -0.25) is 14.9 Å². The van der Waals surface area contributed by atoms with Gasteiger partial charge in [-0.05, 0) is 34.2 Å². The number of amides is 1. The van der Waals surface area contributed by atoms with Crippen LogP contribution in [0, 0.1) is 10.1 Å². The van der Waals surface area contributed by atoms with Crippen molar-refractivity contribution in [1.82, 2.24) is 25.5 Å². The second kappa shape index (κ2) is 6.65. The van der Waals surface area contributed by atoms with E-state index in [0.717, 1.165) is 5.56 Å². The van der Waals surface area contributed by atoms with Gasteiger partial charge in [0.15, 0.2) is 0 Å². The third-order valence-corrected chi connectivity index (χ3v) is 3.32. The summed E-state index contributed by atoms with van der Waals surface area (Å²) in [6.45, 7) is 0.270. The third kappa shape index (κ3) is 3.40. The van der Waals surface area contributed by atoms with Crippen LogP contribution >= 0.6 is 0 Å². The number of nitro groups is 1. The Kier molecular flexibility index (Phi) is 4.23. The highest BCUT2D eigenvalue weighted by Gasteiger charge is 2.08. The molecule has 1 amide bonds. The molecule has 0 aliphatic heterocycles. The lowest BCUT2D eigenvalue weighted by molar-refractivity contribution is -0.384. The Balaban J connectivity index is 1.67. The molecule has 0 atom stereocenters. The minimum atomic E-state index is -0.465. The summed E-state index contributed by atoms with van der Waals surface area (Å²) < 4.78 is 1.45. The molecule has 0 bridgehead atoms. The van der Waals surface area contributed by atoms with Crippen LogP contribution < -0.4 is 5.32 Å². The summed E-state index contributed by atoms with van der Waals surface area (Å²) in [6.07, 6.45) is 1.44. The van der Waals surface area contributed by atoms with Gasteiger partial charge in [0.1, 0.15) is 6.33 Å². The van der Waals surface area contributed by atoms with Crippen molar-refractivity contribution in [2.45, 2.75) is 6.54 Å². The normalized spacial score (nSPS) is 10.3. The Morgan fingerprint density at radius 2 is 2.00 bits per heavy atom. The number of non-ortho nitro benzene ring substituents is 1. The number of rotatable bonds is 5. The van der Waals surface area contributed by atoms with E-state index in [1.807, 2.05) is 0 Å². The first-order valence-corrected chi connectivity index (χ1v) is 6.98. The molecule has 0 aliphatic carbocycles. The molecule has 1 aromatic heterocycles. The fraction of sp³-hybridized carbons (Fsp3) is 0.0667. The lowest BCUT2D eigenvalue weighted by Gasteiger charge is -2.07. The molecule has 9 nitrogen and oxygen atoms in total. The fourth-order valence-corrected chi connectivity index (χ4v) is 2.09. The zero-order valence-corrected chi connectivity index (χ0v) is 12.4. The molecule has 0 spiro atoms. The molecule has 24 heavy (non-hydrogen) atoms. The Morgan fingerprint density at radius 3 is 2.67 bits per heavy atom. The molecule has 3 aromatic rings. The predicted molar refractivity (Wildman–Crippen MR) is 83.4 cm³/mol. The van der Waals surface area contributed by atoms with Crippen LogP contribution in [0.1, 0.15) is 15.9 Å². The summed E-state index contributed by atoms with van der Waals surface area (Å²) in [5.41, 5.74) is 1.91. The van der Waals surface area contributed by atoms with E-state index < -0.39 is 4.92 Å². The number of tetrazole rings is 1. The van der Waals surface area contributed by atoms with Crippen molar-refractivity contribution in [3.05, 3.63) is 76.1 Å². The van der Waals surface area contributed by atoms with Crippen molar-refractivity contribution in [1.29, 1.82) is 0 Å². The lowest BCUT2D eigenvalue weighted by atomic mass is 10.1. The summed E-state index contributed by atoms with van der Waals surface area (Å²) in [5, 5.41) is 24.3. The van der Waals surface area contributed by atoms with E-state index in [0.29, 0.717) is 11.3 Å². The minimum Gasteiger partial charge on any atom is -0.348 e. The monoisotopic (exact) mass is 324 g/mol. The zero-order valence-electron chi connectivity index (χ0n) is 12.4. The molecule has 0 aliphatic rings. The molecule has 0 radical (unpaired) electrons. The molecule has 0 saturated carbocycles. The van der Waals surface area contributed by atoms with Crippen LogP contribution in [0.4, 0.5) is 5.69 Å². The van der Waals surface area contributed by atoms with Crippen molar-refractivity contribution in [2.24, 2.45) is 0 Å². The SMILES string of the molecule is O=C(NCc1ccc([N+](=O)[O-])cc1)c1cccc(-n2cnnn2)c1. The number of hydrogen-bond donors (Lipinski definition) is 1. The molecule has 1 heterocycles. The van der Waals surface area contributed by atoms with E-state index >= 15 is 0 Å². The topological polar surface area (TPSA) is 116 Å². The van der Waals surface area contributed by atoms with Crippen molar-refractivity contribution in [3.63, 3.8) is 0 Å². The maximum Gasteiger partial charge on any atom is 0.269 e. The Labute approximate surface area is 136 Å². The van der Waals surface area contributed by atoms with E-state index in [4.69, 9.17) is 0 Å². The number of carbonyl (C=O) groups is 1. The fourth-order valence-electron chi connectivity index (χ4n) is 2.09. The number of nitrogens with one attached hydrogen (secondary N) is 1. The average Bonchev–Trinajstić information content (AvgIpc) is 3.15. The third-order valence-electron chi connectivity index (χ3n) is 3.32. The van der Waals surface area contributed by atoms with Crippen LogP contribution in [0.5, 0.6) is 0 Å². The molecule has 120 valence electrons. The second-order valence-electron chi connectivity index (χ2n) is 4.91. The van der Waals surface area contributed by atoms with Crippen LogP contribution in [0.3, 0.4) is 0 Å². The molecule has 9 heteroatoms. The lowest BCUT2D eigenvalue weighted by Crippen LogP contribution is -2.22.